The molecule has 1 aliphatic carbocycles. The van der Waals surface area contributed by atoms with Crippen molar-refractivity contribution < 1.29 is 9.53 Å². The van der Waals surface area contributed by atoms with Crippen molar-refractivity contribution in [1.82, 2.24) is 10.2 Å². The summed E-state index contributed by atoms with van der Waals surface area (Å²) >= 11 is 0. The number of carbonyl (C=O) groups is 1. The first-order valence-corrected chi connectivity index (χ1v) is 8.25. The summed E-state index contributed by atoms with van der Waals surface area (Å²) in [4.78, 5) is 14.5. The van der Waals surface area contributed by atoms with Crippen LogP contribution in [0.15, 0.2) is 0 Å². The summed E-state index contributed by atoms with van der Waals surface area (Å²) in [6.45, 7) is 6.17. The molecule has 2 atom stereocenters. The minimum Gasteiger partial charge on any atom is -0.368 e. The second-order valence-corrected chi connectivity index (χ2v) is 6.47. The summed E-state index contributed by atoms with van der Waals surface area (Å²) in [5.41, 5.74) is 0. The monoisotopic (exact) mass is 282 g/mol. The summed E-state index contributed by atoms with van der Waals surface area (Å²) < 4.78 is 5.61. The van der Waals surface area contributed by atoms with Crippen molar-refractivity contribution in [3.05, 3.63) is 0 Å². The minimum atomic E-state index is -0.198. The van der Waals surface area contributed by atoms with Crippen molar-refractivity contribution in [3.8, 4) is 0 Å². The van der Waals surface area contributed by atoms with E-state index in [4.69, 9.17) is 4.74 Å². The van der Waals surface area contributed by atoms with E-state index in [9.17, 15) is 4.79 Å². The molecule has 1 amide bonds. The zero-order valence-electron chi connectivity index (χ0n) is 13.2. The maximum atomic E-state index is 12.5. The lowest BCUT2D eigenvalue weighted by atomic mass is 9.89. The Morgan fingerprint density at radius 3 is 2.50 bits per heavy atom. The van der Waals surface area contributed by atoms with Gasteiger partial charge >= 0.3 is 0 Å². The molecule has 2 fully saturated rings. The molecule has 0 aromatic carbocycles. The first-order chi connectivity index (χ1) is 9.63. The van der Waals surface area contributed by atoms with Crippen LogP contribution in [0.3, 0.4) is 0 Å². The van der Waals surface area contributed by atoms with Gasteiger partial charge in [-0.05, 0) is 51.0 Å². The highest BCUT2D eigenvalue weighted by Gasteiger charge is 2.36. The topological polar surface area (TPSA) is 41.6 Å². The SMILES string of the molecule is CCCNC1CCC(N(C)C(=O)C2OCCC2C)CC1. The van der Waals surface area contributed by atoms with E-state index in [1.165, 1.54) is 19.3 Å². The van der Waals surface area contributed by atoms with Gasteiger partial charge in [-0.2, -0.15) is 0 Å². The summed E-state index contributed by atoms with van der Waals surface area (Å²) in [7, 11) is 1.96. The Bertz CT molecular complexity index is 314. The lowest BCUT2D eigenvalue weighted by Gasteiger charge is -2.36. The normalized spacial score (nSPS) is 34.1. The number of hydrogen-bond acceptors (Lipinski definition) is 3. The molecule has 0 bridgehead atoms. The summed E-state index contributed by atoms with van der Waals surface area (Å²) in [5, 5.41) is 3.59. The minimum absolute atomic E-state index is 0.194. The van der Waals surface area contributed by atoms with Gasteiger partial charge < -0.3 is 15.0 Å². The van der Waals surface area contributed by atoms with E-state index < -0.39 is 0 Å². The van der Waals surface area contributed by atoms with E-state index in [1.54, 1.807) is 0 Å². The second-order valence-electron chi connectivity index (χ2n) is 6.47. The molecule has 2 unspecified atom stereocenters. The summed E-state index contributed by atoms with van der Waals surface area (Å²) in [6, 6.07) is 1.05. The number of hydrogen-bond donors (Lipinski definition) is 1. The van der Waals surface area contributed by atoms with Gasteiger partial charge in [0.05, 0.1) is 0 Å². The Morgan fingerprint density at radius 1 is 1.25 bits per heavy atom. The molecule has 1 aliphatic heterocycles. The van der Waals surface area contributed by atoms with Crippen LogP contribution >= 0.6 is 0 Å². The third kappa shape index (κ3) is 3.73. The van der Waals surface area contributed by atoms with Crippen LogP contribution in [0.2, 0.25) is 0 Å². The Balaban J connectivity index is 1.79. The van der Waals surface area contributed by atoms with Crippen LogP contribution in [0.25, 0.3) is 0 Å². The van der Waals surface area contributed by atoms with Crippen LogP contribution < -0.4 is 5.32 Å². The number of amides is 1. The molecule has 116 valence electrons. The van der Waals surface area contributed by atoms with E-state index in [0.717, 1.165) is 32.4 Å². The highest BCUT2D eigenvalue weighted by Crippen LogP contribution is 2.26. The standard InChI is InChI=1S/C16H30N2O2/c1-4-10-17-13-5-7-14(8-6-13)18(3)16(19)15-12(2)9-11-20-15/h12-15,17H,4-11H2,1-3H3. The van der Waals surface area contributed by atoms with Gasteiger partial charge in [-0.3, -0.25) is 4.79 Å². The molecule has 20 heavy (non-hydrogen) atoms. The molecular weight excluding hydrogens is 252 g/mol. The van der Waals surface area contributed by atoms with Crippen LogP contribution in [-0.4, -0.2) is 49.2 Å². The van der Waals surface area contributed by atoms with Gasteiger partial charge in [0.25, 0.3) is 5.91 Å². The van der Waals surface area contributed by atoms with Gasteiger partial charge in [-0.1, -0.05) is 13.8 Å². The van der Waals surface area contributed by atoms with Gasteiger partial charge in [0.1, 0.15) is 6.10 Å². The molecule has 1 heterocycles. The molecule has 2 rings (SSSR count). The number of ether oxygens (including phenoxy) is 1. The van der Waals surface area contributed by atoms with Gasteiger partial charge in [-0.25, -0.2) is 0 Å². The third-order valence-corrected chi connectivity index (χ3v) is 4.91. The van der Waals surface area contributed by atoms with Gasteiger partial charge in [-0.15, -0.1) is 0 Å². The number of rotatable bonds is 5. The van der Waals surface area contributed by atoms with Crippen molar-refractivity contribution in [2.45, 2.75) is 70.6 Å². The van der Waals surface area contributed by atoms with Gasteiger partial charge in [0.15, 0.2) is 0 Å². The highest BCUT2D eigenvalue weighted by molar-refractivity contribution is 5.81. The number of nitrogens with zero attached hydrogens (tertiary/aromatic N) is 1. The average Bonchev–Trinajstić information content (AvgIpc) is 2.90. The summed E-state index contributed by atoms with van der Waals surface area (Å²) in [6.07, 6.45) is 6.60. The van der Waals surface area contributed by atoms with Crippen LogP contribution in [0.5, 0.6) is 0 Å². The molecule has 1 saturated carbocycles. The summed E-state index contributed by atoms with van der Waals surface area (Å²) in [5.74, 6) is 0.562. The first kappa shape index (κ1) is 15.8. The van der Waals surface area contributed by atoms with Crippen LogP contribution in [0, 0.1) is 5.92 Å². The van der Waals surface area contributed by atoms with Crippen molar-refractivity contribution >= 4 is 5.91 Å². The second kappa shape index (κ2) is 7.41. The van der Waals surface area contributed by atoms with E-state index in [0.29, 0.717) is 18.0 Å². The number of likely N-dealkylation sites (N-methyl/N-ethyl adjacent to an activating group) is 1. The molecule has 0 radical (unpaired) electrons. The Hall–Kier alpha value is -0.610. The van der Waals surface area contributed by atoms with Crippen molar-refractivity contribution in [2.75, 3.05) is 20.2 Å². The van der Waals surface area contributed by atoms with E-state index in [-0.39, 0.29) is 12.0 Å². The largest absolute Gasteiger partial charge is 0.368 e. The molecule has 4 nitrogen and oxygen atoms in total. The highest BCUT2D eigenvalue weighted by atomic mass is 16.5. The molecule has 1 N–H and O–H groups in total. The van der Waals surface area contributed by atoms with E-state index >= 15 is 0 Å². The average molecular weight is 282 g/mol. The fraction of sp³-hybridized carbons (Fsp3) is 0.938. The molecule has 0 aromatic heterocycles. The number of nitrogens with one attached hydrogen (secondary N) is 1. The number of carbonyl (C=O) groups excluding carboxylic acids is 1. The molecular formula is C16H30N2O2. The van der Waals surface area contributed by atoms with Crippen molar-refractivity contribution in [2.24, 2.45) is 5.92 Å². The Morgan fingerprint density at radius 2 is 1.95 bits per heavy atom. The lowest BCUT2D eigenvalue weighted by molar-refractivity contribution is -0.144. The van der Waals surface area contributed by atoms with Gasteiger partial charge in [0.2, 0.25) is 0 Å². The predicted molar refractivity (Wildman–Crippen MR) is 80.6 cm³/mol. The fourth-order valence-corrected chi connectivity index (χ4v) is 3.41. The molecule has 4 heteroatoms. The lowest BCUT2D eigenvalue weighted by Crippen LogP contribution is -2.47. The quantitative estimate of drug-likeness (QED) is 0.840. The smallest absolute Gasteiger partial charge is 0.251 e. The zero-order valence-corrected chi connectivity index (χ0v) is 13.2. The first-order valence-electron chi connectivity index (χ1n) is 8.25. The zero-order chi connectivity index (χ0) is 14.5. The van der Waals surface area contributed by atoms with E-state index in [1.807, 2.05) is 11.9 Å². The molecule has 0 aromatic rings. The molecule has 1 saturated heterocycles. The maximum absolute atomic E-state index is 12.5. The van der Waals surface area contributed by atoms with Gasteiger partial charge in [0, 0.05) is 25.7 Å². The Labute approximate surface area is 123 Å². The van der Waals surface area contributed by atoms with Crippen LogP contribution in [0.4, 0.5) is 0 Å². The molecule has 2 aliphatic rings. The van der Waals surface area contributed by atoms with Crippen LogP contribution in [-0.2, 0) is 9.53 Å². The Kier molecular flexibility index (Phi) is 5.85. The van der Waals surface area contributed by atoms with Crippen molar-refractivity contribution in [1.29, 1.82) is 0 Å². The van der Waals surface area contributed by atoms with E-state index in [2.05, 4.69) is 19.2 Å². The van der Waals surface area contributed by atoms with Crippen molar-refractivity contribution in [3.63, 3.8) is 0 Å². The maximum Gasteiger partial charge on any atom is 0.251 e. The third-order valence-electron chi connectivity index (χ3n) is 4.91. The molecule has 0 spiro atoms. The predicted octanol–water partition coefficient (Wildman–Crippen LogP) is 2.18. The fourth-order valence-electron chi connectivity index (χ4n) is 3.41. The van der Waals surface area contributed by atoms with Crippen LogP contribution in [0.1, 0.15) is 52.4 Å².